The predicted molar refractivity (Wildman–Crippen MR) is 73.9 cm³/mol. The Morgan fingerprint density at radius 3 is 3.06 bits per heavy atom. The molecule has 2 heteroatoms. The molecule has 0 fully saturated rings. The van der Waals surface area contributed by atoms with Crippen molar-refractivity contribution in [1.82, 2.24) is 9.55 Å². The topological polar surface area (TPSA) is 17.8 Å². The third-order valence-corrected chi connectivity index (χ3v) is 3.82. The first-order valence-corrected chi connectivity index (χ1v) is 6.84. The number of hydrogen-bond donors (Lipinski definition) is 0. The Hall–Kier alpha value is -1.57. The van der Waals surface area contributed by atoms with Gasteiger partial charge in [0.05, 0.1) is 5.69 Å². The Morgan fingerprint density at radius 2 is 2.28 bits per heavy atom. The number of rotatable bonds is 2. The van der Waals surface area contributed by atoms with Crippen molar-refractivity contribution >= 4 is 0 Å². The van der Waals surface area contributed by atoms with Gasteiger partial charge in [-0.1, -0.05) is 29.8 Å². The molecule has 1 unspecified atom stereocenters. The van der Waals surface area contributed by atoms with Gasteiger partial charge >= 0.3 is 0 Å². The predicted octanol–water partition coefficient (Wildman–Crippen LogP) is 3.68. The molecule has 1 aliphatic heterocycles. The number of nitrogens with zero attached hydrogens (tertiary/aromatic N) is 2. The van der Waals surface area contributed by atoms with E-state index in [1.165, 1.54) is 35.5 Å². The minimum absolute atomic E-state index is 0.618. The molecule has 1 atom stereocenters. The molecule has 1 aliphatic rings. The Morgan fingerprint density at radius 1 is 1.39 bits per heavy atom. The molecule has 3 rings (SSSR count). The lowest BCUT2D eigenvalue weighted by Gasteiger charge is -2.20. The summed E-state index contributed by atoms with van der Waals surface area (Å²) in [6.07, 6.45) is 6.91. The molecular weight excluding hydrogens is 220 g/mol. The van der Waals surface area contributed by atoms with Crippen LogP contribution in [0, 0.1) is 6.92 Å². The van der Waals surface area contributed by atoms with Crippen LogP contribution in [0.3, 0.4) is 0 Å². The maximum atomic E-state index is 4.79. The van der Waals surface area contributed by atoms with Crippen LogP contribution >= 0.6 is 0 Å². The van der Waals surface area contributed by atoms with Crippen molar-refractivity contribution in [3.05, 3.63) is 53.1 Å². The number of fused-ring (bicyclic) bond motifs is 1. The summed E-state index contributed by atoms with van der Waals surface area (Å²) in [5.74, 6) is 1.27. The van der Waals surface area contributed by atoms with Crippen molar-refractivity contribution in [2.45, 2.75) is 45.6 Å². The second-order valence-electron chi connectivity index (χ2n) is 5.46. The molecule has 18 heavy (non-hydrogen) atoms. The van der Waals surface area contributed by atoms with Crippen molar-refractivity contribution in [3.63, 3.8) is 0 Å². The first-order valence-electron chi connectivity index (χ1n) is 6.84. The van der Waals surface area contributed by atoms with Gasteiger partial charge in [0.15, 0.2) is 0 Å². The quantitative estimate of drug-likeness (QED) is 0.783. The summed E-state index contributed by atoms with van der Waals surface area (Å²) < 4.78 is 2.37. The SMILES string of the molecule is Cc1cccc(Cc2cn3c(n2)CCCC3C)c1. The van der Waals surface area contributed by atoms with Gasteiger partial charge in [0.1, 0.15) is 5.82 Å². The van der Waals surface area contributed by atoms with Crippen LogP contribution in [0.4, 0.5) is 0 Å². The molecule has 0 saturated heterocycles. The van der Waals surface area contributed by atoms with E-state index in [4.69, 9.17) is 4.98 Å². The van der Waals surface area contributed by atoms with Gasteiger partial charge in [-0.2, -0.15) is 0 Å². The third-order valence-electron chi connectivity index (χ3n) is 3.82. The summed E-state index contributed by atoms with van der Waals surface area (Å²) in [5, 5.41) is 0. The van der Waals surface area contributed by atoms with Crippen molar-refractivity contribution in [1.29, 1.82) is 0 Å². The second-order valence-corrected chi connectivity index (χ2v) is 5.46. The first kappa shape index (κ1) is 11.5. The summed E-state index contributed by atoms with van der Waals surface area (Å²) in [4.78, 5) is 4.79. The maximum Gasteiger partial charge on any atom is 0.109 e. The van der Waals surface area contributed by atoms with Gasteiger partial charge in [0.2, 0.25) is 0 Å². The fraction of sp³-hybridized carbons (Fsp3) is 0.438. The Bertz CT molecular complexity index is 554. The third kappa shape index (κ3) is 2.20. The Balaban J connectivity index is 1.85. The molecule has 1 aromatic heterocycles. The molecule has 0 amide bonds. The molecule has 0 bridgehead atoms. The van der Waals surface area contributed by atoms with Crippen LogP contribution in [0.2, 0.25) is 0 Å². The smallest absolute Gasteiger partial charge is 0.109 e. The average Bonchev–Trinajstić information content (AvgIpc) is 2.73. The summed E-state index contributed by atoms with van der Waals surface area (Å²) in [5.41, 5.74) is 3.90. The zero-order valence-corrected chi connectivity index (χ0v) is 11.2. The van der Waals surface area contributed by atoms with E-state index in [0.717, 1.165) is 12.8 Å². The highest BCUT2D eigenvalue weighted by atomic mass is 15.1. The van der Waals surface area contributed by atoms with Gasteiger partial charge < -0.3 is 4.57 Å². The van der Waals surface area contributed by atoms with E-state index in [2.05, 4.69) is 48.9 Å². The zero-order chi connectivity index (χ0) is 12.5. The Kier molecular flexibility index (Phi) is 2.94. The first-order chi connectivity index (χ1) is 8.72. The maximum absolute atomic E-state index is 4.79. The highest BCUT2D eigenvalue weighted by Gasteiger charge is 2.17. The number of hydrogen-bond acceptors (Lipinski definition) is 1. The molecule has 0 N–H and O–H groups in total. The molecule has 0 saturated carbocycles. The minimum Gasteiger partial charge on any atom is -0.332 e. The van der Waals surface area contributed by atoms with Gasteiger partial charge in [-0.25, -0.2) is 4.98 Å². The minimum atomic E-state index is 0.618. The van der Waals surface area contributed by atoms with Crippen molar-refractivity contribution in [2.24, 2.45) is 0 Å². The molecule has 0 spiro atoms. The molecular formula is C16H20N2. The molecule has 1 aromatic carbocycles. The number of benzene rings is 1. The number of aryl methyl sites for hydroxylation is 2. The Labute approximate surface area is 109 Å². The van der Waals surface area contributed by atoms with Crippen LogP contribution in [-0.2, 0) is 12.8 Å². The molecule has 0 radical (unpaired) electrons. The van der Waals surface area contributed by atoms with Crippen LogP contribution in [0.5, 0.6) is 0 Å². The largest absolute Gasteiger partial charge is 0.332 e. The summed E-state index contributed by atoms with van der Waals surface area (Å²) >= 11 is 0. The van der Waals surface area contributed by atoms with Gasteiger partial charge in [-0.05, 0) is 32.3 Å². The van der Waals surface area contributed by atoms with Gasteiger partial charge in [0.25, 0.3) is 0 Å². The summed E-state index contributed by atoms with van der Waals surface area (Å²) in [6.45, 7) is 4.44. The number of aromatic nitrogens is 2. The number of imidazole rings is 1. The lowest BCUT2D eigenvalue weighted by atomic mass is 10.1. The lowest BCUT2D eigenvalue weighted by molar-refractivity contribution is 0.425. The molecule has 2 heterocycles. The fourth-order valence-corrected chi connectivity index (χ4v) is 2.87. The van der Waals surface area contributed by atoms with E-state index >= 15 is 0 Å². The average molecular weight is 240 g/mol. The van der Waals surface area contributed by atoms with E-state index in [-0.39, 0.29) is 0 Å². The van der Waals surface area contributed by atoms with E-state index in [1.54, 1.807) is 0 Å². The van der Waals surface area contributed by atoms with E-state index in [9.17, 15) is 0 Å². The van der Waals surface area contributed by atoms with Crippen LogP contribution in [0.15, 0.2) is 30.5 Å². The molecule has 2 nitrogen and oxygen atoms in total. The second kappa shape index (κ2) is 4.60. The van der Waals surface area contributed by atoms with Gasteiger partial charge in [-0.3, -0.25) is 0 Å². The molecule has 94 valence electrons. The monoisotopic (exact) mass is 240 g/mol. The highest BCUT2D eigenvalue weighted by molar-refractivity contribution is 5.26. The van der Waals surface area contributed by atoms with Crippen LogP contribution in [-0.4, -0.2) is 9.55 Å². The van der Waals surface area contributed by atoms with Crippen molar-refractivity contribution < 1.29 is 0 Å². The molecule has 0 aliphatic carbocycles. The highest BCUT2D eigenvalue weighted by Crippen LogP contribution is 2.24. The summed E-state index contributed by atoms with van der Waals surface area (Å²) in [6, 6.07) is 9.33. The summed E-state index contributed by atoms with van der Waals surface area (Å²) in [7, 11) is 0. The van der Waals surface area contributed by atoms with E-state index in [1.807, 2.05) is 0 Å². The van der Waals surface area contributed by atoms with E-state index < -0.39 is 0 Å². The van der Waals surface area contributed by atoms with Gasteiger partial charge in [0, 0.05) is 25.1 Å². The molecule has 2 aromatic rings. The van der Waals surface area contributed by atoms with Crippen molar-refractivity contribution in [3.8, 4) is 0 Å². The van der Waals surface area contributed by atoms with E-state index in [0.29, 0.717) is 6.04 Å². The van der Waals surface area contributed by atoms with Crippen LogP contribution in [0.1, 0.15) is 48.5 Å². The van der Waals surface area contributed by atoms with Crippen LogP contribution in [0.25, 0.3) is 0 Å². The fourth-order valence-electron chi connectivity index (χ4n) is 2.87. The van der Waals surface area contributed by atoms with Gasteiger partial charge in [-0.15, -0.1) is 0 Å². The van der Waals surface area contributed by atoms with Crippen molar-refractivity contribution in [2.75, 3.05) is 0 Å². The lowest BCUT2D eigenvalue weighted by Crippen LogP contribution is -2.14. The standard InChI is InChI=1S/C16H20N2/c1-12-5-3-7-14(9-12)10-15-11-18-13(2)6-4-8-16(18)17-15/h3,5,7,9,11,13H,4,6,8,10H2,1-2H3. The normalized spacial score (nSPS) is 18.7. The zero-order valence-electron chi connectivity index (χ0n) is 11.2. The van der Waals surface area contributed by atoms with Crippen LogP contribution < -0.4 is 0 Å².